The lowest BCUT2D eigenvalue weighted by molar-refractivity contribution is -0.283. The lowest BCUT2D eigenvalue weighted by Gasteiger charge is -2.66. The summed E-state index contributed by atoms with van der Waals surface area (Å²) in [5, 5.41) is 22.1. The fourth-order valence-electron chi connectivity index (χ4n) is 12.6. The number of hydrogen-bond acceptors (Lipinski definition) is 13. The van der Waals surface area contributed by atoms with E-state index in [0.717, 1.165) is 59.3 Å². The summed E-state index contributed by atoms with van der Waals surface area (Å²) in [7, 11) is 2.58. The highest BCUT2D eigenvalue weighted by atomic mass is 19.4. The van der Waals surface area contributed by atoms with Gasteiger partial charge in [0.25, 0.3) is 11.2 Å². The highest BCUT2D eigenvalue weighted by molar-refractivity contribution is 5.90. The number of carbonyl (C=O) groups is 5. The summed E-state index contributed by atoms with van der Waals surface area (Å²) < 4.78 is 125. The fourth-order valence-corrected chi connectivity index (χ4v) is 12.6. The average molecular weight is 1030 g/mol. The zero-order valence-electron chi connectivity index (χ0n) is 42.2. The summed E-state index contributed by atoms with van der Waals surface area (Å²) in [5.41, 5.74) is -13.5. The van der Waals surface area contributed by atoms with Crippen molar-refractivity contribution in [2.24, 2.45) is 39.9 Å². The Morgan fingerprint density at radius 1 is 0.819 bits per heavy atom. The molecule has 398 valence electrons. The minimum absolute atomic E-state index is 0.0264. The highest BCUT2D eigenvalue weighted by Gasteiger charge is 2.71. The first kappa shape index (κ1) is 57.8. The molecule has 2 N–H and O–H groups in total. The molecule has 0 saturated heterocycles. The summed E-state index contributed by atoms with van der Waals surface area (Å²) >= 11 is 0. The van der Waals surface area contributed by atoms with Crippen LogP contribution in [0.2, 0.25) is 0 Å². The maximum Gasteiger partial charge on any atom is 0.432 e. The number of fused-ring (bicyclic) bond motifs is 3. The van der Waals surface area contributed by atoms with Crippen molar-refractivity contribution >= 4 is 29.7 Å². The van der Waals surface area contributed by atoms with E-state index in [1.54, 1.807) is 33.8 Å². The number of aliphatic hydroxyl groups is 2. The number of rotatable bonds is 19. The van der Waals surface area contributed by atoms with Gasteiger partial charge < -0.3 is 38.6 Å². The minimum Gasteiger partial charge on any atom is -0.469 e. The van der Waals surface area contributed by atoms with Gasteiger partial charge in [-0.2, -0.15) is 26.3 Å². The number of benzene rings is 2. The Hall–Kier alpha value is -5.11. The SMILES string of the molecule is C=C(C)C1CC(OC(=O)C(OC)(c2ccccc2)C(F)(F)F)C2(C)C3=CCC(C(COC(=O)C(OC)(c4ccccc4)C(F)(F)F)CC(O)C(=O)C(C)(C)O)C3(C)CCC2C1(C)C(CC(=O)OC)OC(C)=O. The maximum absolute atomic E-state index is 15.5. The van der Waals surface area contributed by atoms with E-state index in [9.17, 15) is 34.2 Å². The molecule has 5 rings (SSSR count). The van der Waals surface area contributed by atoms with Crippen LogP contribution >= 0.6 is 0 Å². The molecule has 12 atom stereocenters. The quantitative estimate of drug-likeness (QED) is 0.0590. The average Bonchev–Trinajstić information content (AvgIpc) is 3.66. The van der Waals surface area contributed by atoms with Crippen molar-refractivity contribution in [2.45, 2.75) is 134 Å². The molecular formula is C53H66F6O13. The molecule has 0 amide bonds. The van der Waals surface area contributed by atoms with Crippen molar-refractivity contribution in [3.8, 4) is 0 Å². The Morgan fingerprint density at radius 3 is 1.78 bits per heavy atom. The van der Waals surface area contributed by atoms with E-state index in [-0.39, 0.29) is 25.7 Å². The van der Waals surface area contributed by atoms with Crippen molar-refractivity contribution in [1.29, 1.82) is 0 Å². The second kappa shape index (κ2) is 21.0. The molecule has 0 bridgehead atoms. The van der Waals surface area contributed by atoms with Gasteiger partial charge in [-0.05, 0) is 82.0 Å². The topological polar surface area (TPSA) is 181 Å². The molecule has 3 aliphatic rings. The second-order valence-electron chi connectivity index (χ2n) is 20.6. The van der Waals surface area contributed by atoms with Gasteiger partial charge >= 0.3 is 36.2 Å². The van der Waals surface area contributed by atoms with Gasteiger partial charge in [0.05, 0.1) is 20.1 Å². The number of carbonyl (C=O) groups excluding carboxylic acids is 5. The van der Waals surface area contributed by atoms with E-state index in [1.165, 1.54) is 36.4 Å². The molecule has 0 aliphatic heterocycles. The highest BCUT2D eigenvalue weighted by Crippen LogP contribution is 2.72. The number of esters is 4. The normalized spacial score (nSPS) is 28.3. The van der Waals surface area contributed by atoms with Crippen LogP contribution in [-0.2, 0) is 63.6 Å². The Labute approximate surface area is 415 Å². The molecule has 72 heavy (non-hydrogen) atoms. The Bertz CT molecular complexity index is 2370. The van der Waals surface area contributed by atoms with Crippen LogP contribution in [0.1, 0.15) is 98.1 Å². The molecule has 2 aromatic carbocycles. The fraction of sp³-hybridized carbons (Fsp3) is 0.604. The van der Waals surface area contributed by atoms with Crippen LogP contribution < -0.4 is 0 Å². The largest absolute Gasteiger partial charge is 0.469 e. The summed E-state index contributed by atoms with van der Waals surface area (Å²) in [6, 6.07) is 12.3. The molecule has 12 unspecified atom stereocenters. The van der Waals surface area contributed by atoms with Crippen molar-refractivity contribution in [3.05, 3.63) is 95.6 Å². The van der Waals surface area contributed by atoms with Crippen molar-refractivity contribution < 1.29 is 88.9 Å². The standard InChI is InChI=1S/C53H66F6O13/c1-30(2)36-27-40(72-45(65)51(69-11,53(57,58)59)34-20-16-13-17-21-34)49(8)38-23-22-35(47(38,6)25-24-39(49)48(36,7)41(71-31(3)60)28-42(62)67-9)32(26-37(61)43(63)46(4,5)66)29-70-44(64)50(68-10,52(54,55)56)33-18-14-12-15-19-33/h12-21,23,32,35-37,39-41,61,66H,1,22,24-29H2,2-11H3. The van der Waals surface area contributed by atoms with Gasteiger partial charge in [-0.25, -0.2) is 9.59 Å². The molecule has 0 heterocycles. The molecule has 13 nitrogen and oxygen atoms in total. The summed E-state index contributed by atoms with van der Waals surface area (Å²) in [4.78, 5) is 68.2. The van der Waals surface area contributed by atoms with E-state index in [0.29, 0.717) is 18.3 Å². The summed E-state index contributed by atoms with van der Waals surface area (Å²) in [6.07, 6.45) is -14.5. The number of ketones is 1. The van der Waals surface area contributed by atoms with Crippen LogP contribution in [0.25, 0.3) is 0 Å². The third kappa shape index (κ3) is 9.98. The Balaban J connectivity index is 1.72. The van der Waals surface area contributed by atoms with E-state index >= 15 is 26.3 Å². The third-order valence-corrected chi connectivity index (χ3v) is 16.1. The first-order valence-corrected chi connectivity index (χ1v) is 23.6. The molecule has 0 aromatic heterocycles. The number of halogens is 6. The van der Waals surface area contributed by atoms with Gasteiger partial charge in [-0.1, -0.05) is 105 Å². The van der Waals surface area contributed by atoms with Gasteiger partial charge in [0.15, 0.2) is 5.78 Å². The Kier molecular flexibility index (Phi) is 16.9. The number of methoxy groups -OCH3 is 3. The van der Waals surface area contributed by atoms with Crippen LogP contribution in [0, 0.1) is 39.9 Å². The van der Waals surface area contributed by atoms with E-state index in [1.807, 2.05) is 0 Å². The zero-order valence-corrected chi connectivity index (χ0v) is 42.2. The van der Waals surface area contributed by atoms with Crippen molar-refractivity contribution in [3.63, 3.8) is 0 Å². The second-order valence-corrected chi connectivity index (χ2v) is 20.6. The number of hydrogen-bond donors (Lipinski definition) is 2. The van der Waals surface area contributed by atoms with Gasteiger partial charge in [0, 0.05) is 43.1 Å². The molecule has 0 spiro atoms. The number of allylic oxidation sites excluding steroid dienone is 2. The maximum atomic E-state index is 15.5. The monoisotopic (exact) mass is 1020 g/mol. The number of ether oxygens (including phenoxy) is 6. The molecule has 2 saturated carbocycles. The van der Waals surface area contributed by atoms with Crippen LogP contribution in [-0.4, -0.2) is 104 Å². The Morgan fingerprint density at radius 2 is 1.33 bits per heavy atom. The lowest BCUT2D eigenvalue weighted by Crippen LogP contribution is -2.66. The van der Waals surface area contributed by atoms with E-state index in [4.69, 9.17) is 28.4 Å². The first-order valence-electron chi connectivity index (χ1n) is 23.6. The van der Waals surface area contributed by atoms with Crippen LogP contribution in [0.3, 0.4) is 0 Å². The molecule has 2 fully saturated rings. The van der Waals surface area contributed by atoms with Gasteiger partial charge in [0.2, 0.25) is 0 Å². The third-order valence-electron chi connectivity index (χ3n) is 16.1. The predicted octanol–water partition coefficient (Wildman–Crippen LogP) is 8.82. The van der Waals surface area contributed by atoms with Crippen molar-refractivity contribution in [2.75, 3.05) is 27.9 Å². The molecular weight excluding hydrogens is 959 g/mol. The minimum atomic E-state index is -5.38. The molecule has 19 heteroatoms. The molecule has 3 aliphatic carbocycles. The van der Waals surface area contributed by atoms with E-state index in [2.05, 4.69) is 6.58 Å². The van der Waals surface area contributed by atoms with Gasteiger partial charge in [-0.3, -0.25) is 14.4 Å². The summed E-state index contributed by atoms with van der Waals surface area (Å²) in [5.74, 6) is -9.79. The van der Waals surface area contributed by atoms with Crippen molar-refractivity contribution in [1.82, 2.24) is 0 Å². The van der Waals surface area contributed by atoms with Gasteiger partial charge in [-0.15, -0.1) is 0 Å². The zero-order chi connectivity index (χ0) is 54.2. The number of Topliss-reactive ketones (excluding diaryl/α,β-unsaturated/α-hetero) is 1. The van der Waals surface area contributed by atoms with Crippen LogP contribution in [0.5, 0.6) is 0 Å². The predicted molar refractivity (Wildman–Crippen MR) is 247 cm³/mol. The van der Waals surface area contributed by atoms with Crippen LogP contribution in [0.4, 0.5) is 26.3 Å². The number of aliphatic hydroxyl groups excluding tert-OH is 1. The molecule has 0 radical (unpaired) electrons. The number of alkyl halides is 6. The smallest absolute Gasteiger partial charge is 0.432 e. The summed E-state index contributed by atoms with van der Waals surface area (Å²) in [6.45, 7) is 13.7. The first-order chi connectivity index (χ1) is 33.3. The van der Waals surface area contributed by atoms with Gasteiger partial charge in [0.1, 0.15) is 23.9 Å². The molecule has 2 aromatic rings. The lowest BCUT2D eigenvalue weighted by atomic mass is 9.40. The van der Waals surface area contributed by atoms with Crippen LogP contribution in [0.15, 0.2) is 84.5 Å². The van der Waals surface area contributed by atoms with E-state index < -0.39 is 148 Å².